The molecule has 1 unspecified atom stereocenters. The molecule has 1 atom stereocenters. The van der Waals surface area contributed by atoms with Gasteiger partial charge in [0.1, 0.15) is 24.6 Å². The maximum absolute atomic E-state index is 13.5. The van der Waals surface area contributed by atoms with Crippen LogP contribution in [0.1, 0.15) is 17.2 Å². The van der Waals surface area contributed by atoms with Crippen molar-refractivity contribution in [3.05, 3.63) is 64.2 Å². The zero-order chi connectivity index (χ0) is 24.2. The van der Waals surface area contributed by atoms with E-state index in [0.717, 1.165) is 13.1 Å². The molecule has 2 saturated heterocycles. The SMILES string of the molecule is COc1ccc(C2C(=C([O-])c3ccc(OC)c(Cl)c3)C(=O)C(=O)N2CC[NH+]2CCOCC2)cc1. The summed E-state index contributed by atoms with van der Waals surface area (Å²) >= 11 is 6.22. The Labute approximate surface area is 203 Å². The molecule has 2 aromatic rings. The molecule has 2 heterocycles. The van der Waals surface area contributed by atoms with E-state index in [2.05, 4.69) is 0 Å². The maximum atomic E-state index is 13.5. The van der Waals surface area contributed by atoms with Gasteiger partial charge in [-0.05, 0) is 35.4 Å². The first-order valence-electron chi connectivity index (χ1n) is 11.1. The summed E-state index contributed by atoms with van der Waals surface area (Å²) < 4.78 is 15.8. The minimum atomic E-state index is -0.792. The van der Waals surface area contributed by atoms with Gasteiger partial charge in [-0.1, -0.05) is 35.6 Å². The number of likely N-dealkylation sites (tertiary alicyclic amines) is 1. The van der Waals surface area contributed by atoms with Crippen LogP contribution >= 0.6 is 11.6 Å². The number of nitrogens with zero attached hydrogens (tertiary/aromatic N) is 1. The molecule has 2 aliphatic heterocycles. The molecule has 2 fully saturated rings. The number of ether oxygens (including phenoxy) is 3. The van der Waals surface area contributed by atoms with E-state index >= 15 is 0 Å². The Balaban J connectivity index is 1.74. The lowest BCUT2D eigenvalue weighted by Crippen LogP contribution is -3.14. The number of nitrogens with one attached hydrogen (secondary N) is 1. The van der Waals surface area contributed by atoms with Crippen molar-refractivity contribution in [2.24, 2.45) is 0 Å². The van der Waals surface area contributed by atoms with Gasteiger partial charge in [0.2, 0.25) is 5.78 Å². The van der Waals surface area contributed by atoms with Crippen LogP contribution in [0.25, 0.3) is 5.76 Å². The van der Waals surface area contributed by atoms with Crippen LogP contribution in [0.4, 0.5) is 0 Å². The van der Waals surface area contributed by atoms with E-state index in [4.69, 9.17) is 25.8 Å². The average Bonchev–Trinajstić information content (AvgIpc) is 3.12. The maximum Gasteiger partial charge on any atom is 0.295 e. The second-order valence-electron chi connectivity index (χ2n) is 8.21. The smallest absolute Gasteiger partial charge is 0.295 e. The van der Waals surface area contributed by atoms with Crippen LogP contribution in [0.3, 0.4) is 0 Å². The van der Waals surface area contributed by atoms with Gasteiger partial charge in [0.25, 0.3) is 5.91 Å². The topological polar surface area (TPSA) is 92.6 Å². The average molecular weight is 487 g/mol. The van der Waals surface area contributed by atoms with E-state index in [1.54, 1.807) is 43.5 Å². The van der Waals surface area contributed by atoms with Crippen LogP contribution in [0.15, 0.2) is 48.0 Å². The second kappa shape index (κ2) is 10.5. The lowest BCUT2D eigenvalue weighted by molar-refractivity contribution is -0.907. The standard InChI is InChI=1S/C25H27ClN2O6/c1-32-18-6-3-16(4-7-18)22-21(23(29)17-5-8-20(33-2)19(26)15-17)24(30)25(31)28(22)10-9-27-11-13-34-14-12-27/h3-8,15,22,29H,9-14H2,1-2H3. The highest BCUT2D eigenvalue weighted by molar-refractivity contribution is 6.46. The number of hydrogen-bond donors (Lipinski definition) is 1. The fourth-order valence-electron chi connectivity index (χ4n) is 4.39. The Morgan fingerprint density at radius 2 is 1.82 bits per heavy atom. The molecule has 2 aliphatic rings. The van der Waals surface area contributed by atoms with Gasteiger partial charge < -0.3 is 29.1 Å². The molecule has 180 valence electrons. The molecular formula is C25H27ClN2O6. The molecule has 34 heavy (non-hydrogen) atoms. The van der Waals surface area contributed by atoms with Crippen molar-refractivity contribution in [2.75, 3.05) is 53.6 Å². The molecule has 0 aromatic heterocycles. The molecule has 2 aromatic carbocycles. The Hall–Kier alpha value is -3.07. The van der Waals surface area contributed by atoms with E-state index in [9.17, 15) is 14.7 Å². The molecule has 8 nitrogen and oxygen atoms in total. The molecule has 1 N–H and O–H groups in total. The normalized spacial score (nSPS) is 20.6. The number of carbonyl (C=O) groups excluding carboxylic acids is 2. The number of carbonyl (C=O) groups is 2. The summed E-state index contributed by atoms with van der Waals surface area (Å²) in [4.78, 5) is 29.0. The van der Waals surface area contributed by atoms with Crippen LogP contribution in [0.5, 0.6) is 11.5 Å². The number of methoxy groups -OCH3 is 2. The molecule has 0 radical (unpaired) electrons. The van der Waals surface area contributed by atoms with Crippen molar-refractivity contribution in [3.63, 3.8) is 0 Å². The lowest BCUT2D eigenvalue weighted by atomic mass is 9.95. The number of quaternary nitrogens is 1. The quantitative estimate of drug-likeness (QED) is 0.348. The first kappa shape index (κ1) is 24.1. The molecule has 0 saturated carbocycles. The van der Waals surface area contributed by atoms with Crippen LogP contribution in [-0.4, -0.2) is 70.2 Å². The van der Waals surface area contributed by atoms with Gasteiger partial charge in [0, 0.05) is 5.57 Å². The summed E-state index contributed by atoms with van der Waals surface area (Å²) in [5.41, 5.74) is 0.814. The first-order valence-corrected chi connectivity index (χ1v) is 11.5. The highest BCUT2D eigenvalue weighted by Gasteiger charge is 2.44. The van der Waals surface area contributed by atoms with Crippen molar-refractivity contribution in [1.82, 2.24) is 4.90 Å². The number of rotatable bonds is 7. The van der Waals surface area contributed by atoms with E-state index in [1.165, 1.54) is 23.0 Å². The fourth-order valence-corrected chi connectivity index (χ4v) is 4.64. The van der Waals surface area contributed by atoms with Crippen molar-refractivity contribution >= 4 is 29.1 Å². The monoisotopic (exact) mass is 486 g/mol. The number of ketones is 1. The first-order chi connectivity index (χ1) is 16.4. The van der Waals surface area contributed by atoms with Crippen molar-refractivity contribution in [2.45, 2.75) is 6.04 Å². The number of benzene rings is 2. The minimum Gasteiger partial charge on any atom is -0.872 e. The summed E-state index contributed by atoms with van der Waals surface area (Å²) in [5, 5.41) is 13.8. The van der Waals surface area contributed by atoms with Crippen molar-refractivity contribution in [3.8, 4) is 11.5 Å². The van der Waals surface area contributed by atoms with E-state index in [-0.39, 0.29) is 16.2 Å². The number of hydrogen-bond acceptors (Lipinski definition) is 6. The third kappa shape index (κ3) is 4.75. The van der Waals surface area contributed by atoms with Gasteiger partial charge in [0.05, 0.1) is 51.6 Å². The molecule has 9 heteroatoms. The highest BCUT2D eigenvalue weighted by atomic mass is 35.5. The van der Waals surface area contributed by atoms with Crippen LogP contribution < -0.4 is 19.5 Å². The molecule has 0 bridgehead atoms. The van der Waals surface area contributed by atoms with Gasteiger partial charge in [-0.3, -0.25) is 9.59 Å². The van der Waals surface area contributed by atoms with E-state index in [0.29, 0.717) is 43.4 Å². The highest BCUT2D eigenvalue weighted by Crippen LogP contribution is 2.39. The molecule has 0 spiro atoms. The Bertz CT molecular complexity index is 1100. The second-order valence-corrected chi connectivity index (χ2v) is 8.62. The summed E-state index contributed by atoms with van der Waals surface area (Å²) in [6.45, 7) is 4.00. The summed E-state index contributed by atoms with van der Waals surface area (Å²) in [5.74, 6) is -0.923. The number of halogens is 1. The summed E-state index contributed by atoms with van der Waals surface area (Å²) in [7, 11) is 3.04. The van der Waals surface area contributed by atoms with Gasteiger partial charge in [-0.2, -0.15) is 0 Å². The van der Waals surface area contributed by atoms with Gasteiger partial charge in [-0.25, -0.2) is 0 Å². The third-order valence-corrected chi connectivity index (χ3v) is 6.58. The number of Topliss-reactive ketones (excluding diaryl/α,β-unsaturated/α-hetero) is 1. The zero-order valence-electron chi connectivity index (χ0n) is 19.1. The summed E-state index contributed by atoms with van der Waals surface area (Å²) in [6.07, 6.45) is 0. The van der Waals surface area contributed by atoms with Gasteiger partial charge in [-0.15, -0.1) is 0 Å². The Morgan fingerprint density at radius 1 is 1.12 bits per heavy atom. The van der Waals surface area contributed by atoms with Gasteiger partial charge in [0.15, 0.2) is 0 Å². The molecule has 4 rings (SSSR count). The predicted octanol–water partition coefficient (Wildman–Crippen LogP) is 0.496. The minimum absolute atomic E-state index is 0.0756. The Morgan fingerprint density at radius 3 is 2.44 bits per heavy atom. The van der Waals surface area contributed by atoms with Crippen LogP contribution in [-0.2, 0) is 14.3 Å². The van der Waals surface area contributed by atoms with Crippen molar-refractivity contribution < 1.29 is 33.8 Å². The van der Waals surface area contributed by atoms with Gasteiger partial charge >= 0.3 is 0 Å². The lowest BCUT2D eigenvalue weighted by Gasteiger charge is -2.30. The predicted molar refractivity (Wildman–Crippen MR) is 124 cm³/mol. The Kier molecular flexibility index (Phi) is 7.41. The summed E-state index contributed by atoms with van der Waals surface area (Å²) in [6, 6.07) is 10.8. The van der Waals surface area contributed by atoms with E-state index < -0.39 is 23.5 Å². The number of amides is 1. The third-order valence-electron chi connectivity index (χ3n) is 6.28. The number of morpholine rings is 1. The van der Waals surface area contributed by atoms with Crippen LogP contribution in [0, 0.1) is 0 Å². The van der Waals surface area contributed by atoms with Crippen molar-refractivity contribution in [1.29, 1.82) is 0 Å². The fraction of sp³-hybridized carbons (Fsp3) is 0.360. The zero-order valence-corrected chi connectivity index (χ0v) is 19.9. The van der Waals surface area contributed by atoms with E-state index in [1.807, 2.05) is 0 Å². The van der Waals surface area contributed by atoms with Crippen LogP contribution in [0.2, 0.25) is 5.02 Å². The molecule has 1 amide bonds. The molecule has 0 aliphatic carbocycles. The largest absolute Gasteiger partial charge is 0.872 e. The molecular weight excluding hydrogens is 460 g/mol.